The van der Waals surface area contributed by atoms with Crippen LogP contribution in [0.2, 0.25) is 0 Å². The van der Waals surface area contributed by atoms with Crippen molar-refractivity contribution >= 4 is 17.8 Å². The Morgan fingerprint density at radius 3 is 2.06 bits per heavy atom. The molecule has 0 bridgehead atoms. The number of benzene rings is 2. The zero-order chi connectivity index (χ0) is 23.2. The second-order valence-electron chi connectivity index (χ2n) is 8.60. The Balaban J connectivity index is 2.15. The van der Waals surface area contributed by atoms with Gasteiger partial charge in [0.25, 0.3) is 0 Å². The van der Waals surface area contributed by atoms with E-state index < -0.39 is 35.7 Å². The van der Waals surface area contributed by atoms with Crippen LogP contribution in [-0.2, 0) is 32.6 Å². The lowest BCUT2D eigenvalue weighted by Crippen LogP contribution is -2.52. The Kier molecular flexibility index (Phi) is 7.91. The van der Waals surface area contributed by atoms with Crippen LogP contribution in [0.25, 0.3) is 0 Å². The van der Waals surface area contributed by atoms with Crippen molar-refractivity contribution in [2.45, 2.75) is 58.0 Å². The summed E-state index contributed by atoms with van der Waals surface area (Å²) in [7, 11) is 0. The highest BCUT2D eigenvalue weighted by atomic mass is 19.1. The number of amides is 2. The smallest absolute Gasteiger partial charge is 0.326 e. The normalized spacial score (nSPS) is 13.2. The van der Waals surface area contributed by atoms with Gasteiger partial charge < -0.3 is 15.7 Å². The second-order valence-corrected chi connectivity index (χ2v) is 8.60. The molecule has 2 aromatic rings. The van der Waals surface area contributed by atoms with E-state index in [1.807, 2.05) is 24.3 Å². The second kappa shape index (κ2) is 10.2. The van der Waals surface area contributed by atoms with Gasteiger partial charge in [0.05, 0.1) is 0 Å². The highest BCUT2D eigenvalue weighted by Crippen LogP contribution is 2.22. The molecule has 0 aliphatic rings. The molecule has 2 aromatic carbocycles. The van der Waals surface area contributed by atoms with Crippen LogP contribution in [0, 0.1) is 5.82 Å². The van der Waals surface area contributed by atoms with Crippen LogP contribution in [0.3, 0.4) is 0 Å². The van der Waals surface area contributed by atoms with E-state index in [4.69, 9.17) is 0 Å². The zero-order valence-electron chi connectivity index (χ0n) is 18.2. The molecule has 6 nitrogen and oxygen atoms in total. The maximum Gasteiger partial charge on any atom is 0.326 e. The van der Waals surface area contributed by atoms with Gasteiger partial charge in [-0.25, -0.2) is 9.18 Å². The molecular weight excluding hydrogens is 399 g/mol. The van der Waals surface area contributed by atoms with Gasteiger partial charge in [0.15, 0.2) is 0 Å². The number of carboxylic acids is 1. The van der Waals surface area contributed by atoms with Crippen molar-refractivity contribution in [1.82, 2.24) is 10.6 Å². The quantitative estimate of drug-likeness (QED) is 0.602. The van der Waals surface area contributed by atoms with Crippen molar-refractivity contribution in [3.63, 3.8) is 0 Å². The van der Waals surface area contributed by atoms with Gasteiger partial charge in [-0.1, -0.05) is 63.2 Å². The number of halogens is 1. The predicted octanol–water partition coefficient (Wildman–Crippen LogP) is 2.98. The number of aliphatic carboxylic acids is 1. The molecule has 2 atom stereocenters. The van der Waals surface area contributed by atoms with E-state index in [1.54, 1.807) is 6.07 Å². The molecule has 0 aromatic heterocycles. The molecule has 0 aliphatic heterocycles. The standard InChI is InChI=1S/C24H29FN2O4/c1-15(28)26-20(14-17-7-5-6-8-19(17)25)22(29)27-21(23(30)31)13-16-9-11-18(12-10-16)24(2,3)4/h5-12,20-21H,13-14H2,1-4H3,(H,26,28)(H,27,29)(H,30,31)/t20-,21+/m0/s1. The molecule has 0 radical (unpaired) electrons. The van der Waals surface area contributed by atoms with Crippen LogP contribution in [0.4, 0.5) is 4.39 Å². The molecule has 0 saturated heterocycles. The van der Waals surface area contributed by atoms with Gasteiger partial charge in [-0.05, 0) is 28.2 Å². The fraction of sp³-hybridized carbons (Fsp3) is 0.375. The molecule has 0 fully saturated rings. The van der Waals surface area contributed by atoms with Crippen LogP contribution in [-0.4, -0.2) is 35.0 Å². The van der Waals surface area contributed by atoms with Crippen molar-refractivity contribution in [2.75, 3.05) is 0 Å². The molecule has 31 heavy (non-hydrogen) atoms. The number of rotatable bonds is 8. The van der Waals surface area contributed by atoms with E-state index in [1.165, 1.54) is 25.1 Å². The molecule has 7 heteroatoms. The first-order valence-corrected chi connectivity index (χ1v) is 10.1. The molecule has 2 rings (SSSR count). The third-order valence-corrected chi connectivity index (χ3v) is 4.95. The number of carbonyl (C=O) groups is 3. The predicted molar refractivity (Wildman–Crippen MR) is 116 cm³/mol. The maximum atomic E-state index is 14.0. The van der Waals surface area contributed by atoms with Gasteiger partial charge in [0.2, 0.25) is 11.8 Å². The molecule has 0 aliphatic carbocycles. The number of nitrogens with one attached hydrogen (secondary N) is 2. The van der Waals surface area contributed by atoms with E-state index in [9.17, 15) is 23.9 Å². The fourth-order valence-corrected chi connectivity index (χ4v) is 3.19. The van der Waals surface area contributed by atoms with E-state index >= 15 is 0 Å². The minimum atomic E-state index is -1.19. The number of hydrogen-bond acceptors (Lipinski definition) is 3. The van der Waals surface area contributed by atoms with Crippen molar-refractivity contribution in [2.24, 2.45) is 0 Å². The van der Waals surface area contributed by atoms with Crippen molar-refractivity contribution < 1.29 is 23.9 Å². The number of carboxylic acid groups (broad SMARTS) is 1. The summed E-state index contributed by atoms with van der Waals surface area (Å²) in [5.41, 5.74) is 2.09. The highest BCUT2D eigenvalue weighted by molar-refractivity contribution is 5.90. The number of carbonyl (C=O) groups excluding carboxylic acids is 2. The summed E-state index contributed by atoms with van der Waals surface area (Å²) in [5.74, 6) is -2.85. The Bertz CT molecular complexity index is 935. The molecule has 0 unspecified atom stereocenters. The average Bonchev–Trinajstić information content (AvgIpc) is 2.67. The van der Waals surface area contributed by atoms with Gasteiger partial charge in [-0.15, -0.1) is 0 Å². The Hall–Kier alpha value is -3.22. The van der Waals surface area contributed by atoms with E-state index in [2.05, 4.69) is 31.4 Å². The Morgan fingerprint density at radius 1 is 0.935 bits per heavy atom. The summed E-state index contributed by atoms with van der Waals surface area (Å²) in [4.78, 5) is 36.1. The van der Waals surface area contributed by atoms with Crippen molar-refractivity contribution in [3.05, 3.63) is 71.0 Å². The van der Waals surface area contributed by atoms with E-state index in [-0.39, 0.29) is 23.8 Å². The van der Waals surface area contributed by atoms with Gasteiger partial charge in [0, 0.05) is 19.8 Å². The Morgan fingerprint density at radius 2 is 1.55 bits per heavy atom. The minimum absolute atomic E-state index is 0.0305. The van der Waals surface area contributed by atoms with Crippen LogP contribution in [0.1, 0.15) is 44.4 Å². The topological polar surface area (TPSA) is 95.5 Å². The van der Waals surface area contributed by atoms with Gasteiger partial charge in [-0.2, -0.15) is 0 Å². The third kappa shape index (κ3) is 7.20. The monoisotopic (exact) mass is 428 g/mol. The van der Waals surface area contributed by atoms with Gasteiger partial charge >= 0.3 is 5.97 Å². The first-order valence-electron chi connectivity index (χ1n) is 10.1. The molecule has 0 heterocycles. The van der Waals surface area contributed by atoms with Crippen molar-refractivity contribution in [1.29, 1.82) is 0 Å². The molecule has 3 N–H and O–H groups in total. The first-order chi connectivity index (χ1) is 14.5. The maximum absolute atomic E-state index is 14.0. The molecule has 166 valence electrons. The fourth-order valence-electron chi connectivity index (χ4n) is 3.19. The number of hydrogen-bond donors (Lipinski definition) is 3. The van der Waals surface area contributed by atoms with Crippen LogP contribution in [0.5, 0.6) is 0 Å². The summed E-state index contributed by atoms with van der Waals surface area (Å²) < 4.78 is 14.0. The van der Waals surface area contributed by atoms with Crippen LogP contribution in [0.15, 0.2) is 48.5 Å². The molecule has 0 saturated carbocycles. The van der Waals surface area contributed by atoms with E-state index in [0.29, 0.717) is 0 Å². The van der Waals surface area contributed by atoms with Crippen LogP contribution >= 0.6 is 0 Å². The Labute approximate surface area is 181 Å². The van der Waals surface area contributed by atoms with Crippen molar-refractivity contribution in [3.8, 4) is 0 Å². The summed E-state index contributed by atoms with van der Waals surface area (Å²) in [5, 5.41) is 14.6. The summed E-state index contributed by atoms with van der Waals surface area (Å²) in [6.45, 7) is 7.49. The largest absolute Gasteiger partial charge is 0.480 e. The third-order valence-electron chi connectivity index (χ3n) is 4.95. The van der Waals surface area contributed by atoms with Crippen LogP contribution < -0.4 is 10.6 Å². The SMILES string of the molecule is CC(=O)N[C@@H](Cc1ccccc1F)C(=O)N[C@H](Cc1ccc(C(C)(C)C)cc1)C(=O)O. The summed E-state index contributed by atoms with van der Waals surface area (Å²) in [6.07, 6.45) is -0.0112. The zero-order valence-corrected chi connectivity index (χ0v) is 18.2. The lowest BCUT2D eigenvalue weighted by Gasteiger charge is -2.22. The molecule has 0 spiro atoms. The summed E-state index contributed by atoms with van der Waals surface area (Å²) in [6, 6.07) is 11.2. The van der Waals surface area contributed by atoms with Gasteiger partial charge in [-0.3, -0.25) is 9.59 Å². The lowest BCUT2D eigenvalue weighted by atomic mass is 9.86. The summed E-state index contributed by atoms with van der Waals surface area (Å²) >= 11 is 0. The first kappa shape index (κ1) is 24.1. The molecule has 2 amide bonds. The van der Waals surface area contributed by atoms with E-state index in [0.717, 1.165) is 11.1 Å². The lowest BCUT2D eigenvalue weighted by molar-refractivity contribution is -0.142. The highest BCUT2D eigenvalue weighted by Gasteiger charge is 2.27. The molecular formula is C24H29FN2O4. The van der Waals surface area contributed by atoms with Gasteiger partial charge in [0.1, 0.15) is 17.9 Å². The minimum Gasteiger partial charge on any atom is -0.480 e. The average molecular weight is 429 g/mol.